The Balaban J connectivity index is 2.29. The second-order valence-electron chi connectivity index (χ2n) is 6.24. The summed E-state index contributed by atoms with van der Waals surface area (Å²) >= 11 is 0. The molecule has 1 aromatic rings. The predicted molar refractivity (Wildman–Crippen MR) is 90.8 cm³/mol. The summed E-state index contributed by atoms with van der Waals surface area (Å²) in [4.78, 5) is 30.3. The second kappa shape index (κ2) is 7.22. The Kier molecular flexibility index (Phi) is 5.60. The number of aliphatic hydroxyl groups excluding tert-OH is 1. The number of rotatable bonds is 6. The van der Waals surface area contributed by atoms with Crippen molar-refractivity contribution in [3.8, 4) is 5.75 Å². The number of aliphatic hydroxyl groups is 3. The van der Waals surface area contributed by atoms with Crippen LogP contribution in [0.2, 0.25) is 0 Å². The zero-order valence-corrected chi connectivity index (χ0v) is 14.7. The van der Waals surface area contributed by atoms with E-state index in [0.717, 1.165) is 12.2 Å². The lowest BCUT2D eigenvalue weighted by molar-refractivity contribution is -0.198. The minimum absolute atomic E-state index is 0.0411. The minimum atomic E-state index is -4.85. The van der Waals surface area contributed by atoms with Gasteiger partial charge in [0.05, 0.1) is 0 Å². The van der Waals surface area contributed by atoms with Crippen LogP contribution >= 0.6 is 7.75 Å². The summed E-state index contributed by atoms with van der Waals surface area (Å²) in [5.41, 5.74) is 0.164. The fourth-order valence-electron chi connectivity index (χ4n) is 2.90. The Morgan fingerprint density at radius 3 is 2.27 bits per heavy atom. The van der Waals surface area contributed by atoms with Crippen LogP contribution in [0.3, 0.4) is 0 Å². The maximum Gasteiger partial charge on any atom is 0.427 e. The molecule has 1 aliphatic rings. The molecule has 2 unspecified atom stereocenters. The molecule has 26 heavy (non-hydrogen) atoms. The predicted octanol–water partition coefficient (Wildman–Crippen LogP) is 0.774. The molecule has 0 amide bonds. The van der Waals surface area contributed by atoms with E-state index in [4.69, 9.17) is 9.79 Å². The molecule has 10 heteroatoms. The first kappa shape index (κ1) is 20.2. The third kappa shape index (κ3) is 4.94. The highest BCUT2D eigenvalue weighted by atomic mass is 31.2. The van der Waals surface area contributed by atoms with Crippen LogP contribution < -0.4 is 5.09 Å². The largest absolute Gasteiger partial charge is 0.508 e. The molecule has 9 nitrogen and oxygen atoms in total. The molecule has 0 fully saturated rings. The van der Waals surface area contributed by atoms with Crippen molar-refractivity contribution in [1.82, 2.24) is 5.09 Å². The number of aromatic hydroxyl groups is 1. The van der Waals surface area contributed by atoms with E-state index in [0.29, 0.717) is 5.56 Å². The number of nitrogens with one attached hydrogen (secondary N) is 1. The van der Waals surface area contributed by atoms with Gasteiger partial charge in [-0.25, -0.2) is 4.57 Å². The lowest BCUT2D eigenvalue weighted by Crippen LogP contribution is -2.47. The van der Waals surface area contributed by atoms with Crippen molar-refractivity contribution in [3.63, 3.8) is 0 Å². The lowest BCUT2D eigenvalue weighted by atomic mass is 9.81. The molecule has 0 bridgehead atoms. The summed E-state index contributed by atoms with van der Waals surface area (Å²) in [7, 11) is -4.85. The smallest absolute Gasteiger partial charge is 0.427 e. The van der Waals surface area contributed by atoms with Gasteiger partial charge in [0.15, 0.2) is 11.6 Å². The van der Waals surface area contributed by atoms with E-state index in [2.05, 4.69) is 0 Å². The Labute approximate surface area is 149 Å². The summed E-state index contributed by atoms with van der Waals surface area (Å²) in [5, 5.41) is 41.5. The highest BCUT2D eigenvalue weighted by molar-refractivity contribution is 7.49. The number of hydrogen-bond acceptors (Lipinski definition) is 6. The highest BCUT2D eigenvalue weighted by Gasteiger charge is 2.45. The summed E-state index contributed by atoms with van der Waals surface area (Å²) in [6, 6.07) is 6.01. The number of carbonyl (C=O) groups is 1. The average molecular weight is 385 g/mol. The van der Waals surface area contributed by atoms with Gasteiger partial charge in [-0.1, -0.05) is 19.1 Å². The zero-order chi connectivity index (χ0) is 19.7. The second-order valence-corrected chi connectivity index (χ2v) is 7.55. The van der Waals surface area contributed by atoms with Gasteiger partial charge >= 0.3 is 7.75 Å². The van der Waals surface area contributed by atoms with Crippen LogP contribution in [-0.4, -0.2) is 41.8 Å². The van der Waals surface area contributed by atoms with E-state index in [-0.39, 0.29) is 12.2 Å². The van der Waals surface area contributed by atoms with Crippen LogP contribution in [0.25, 0.3) is 0 Å². The van der Waals surface area contributed by atoms with Gasteiger partial charge in [0.25, 0.3) is 0 Å². The molecule has 1 aliphatic carbocycles. The number of carbonyl (C=O) groups excluding carboxylic acids is 1. The van der Waals surface area contributed by atoms with Crippen LogP contribution in [0.5, 0.6) is 5.75 Å². The number of phenols is 1. The van der Waals surface area contributed by atoms with Crippen molar-refractivity contribution >= 4 is 13.5 Å². The standard InChI is InChI=1S/C16H20NO8P/c1-9(10-2-4-11(18)5-3-10)8-16(21,22)15-13(17-26(23,24)25)6-12(19)7-14(15)20/h2-7,9,15,18-19,21-22H,8H2,1H3,(H3,17,23,24,25). The third-order valence-electron chi connectivity index (χ3n) is 3.99. The Hall–Kier alpha value is -2.16. The first-order valence-electron chi connectivity index (χ1n) is 7.62. The summed E-state index contributed by atoms with van der Waals surface area (Å²) < 4.78 is 11.2. The van der Waals surface area contributed by atoms with E-state index in [1.165, 1.54) is 12.1 Å². The molecule has 0 spiro atoms. The fraction of sp³-hybridized carbons (Fsp3) is 0.312. The van der Waals surface area contributed by atoms with Crippen molar-refractivity contribution in [3.05, 3.63) is 53.4 Å². The van der Waals surface area contributed by atoms with Crippen LogP contribution in [0.4, 0.5) is 0 Å². The molecule has 0 saturated carbocycles. The molecule has 7 N–H and O–H groups in total. The van der Waals surface area contributed by atoms with Crippen molar-refractivity contribution in [2.45, 2.75) is 25.0 Å². The zero-order valence-electron chi connectivity index (χ0n) is 13.8. The molecule has 1 aromatic carbocycles. The van der Waals surface area contributed by atoms with E-state index >= 15 is 0 Å². The molecule has 142 valence electrons. The molecular weight excluding hydrogens is 365 g/mol. The van der Waals surface area contributed by atoms with Crippen LogP contribution in [-0.2, 0) is 9.36 Å². The molecule has 0 aliphatic heterocycles. The van der Waals surface area contributed by atoms with Gasteiger partial charge < -0.3 is 30.2 Å². The average Bonchev–Trinajstić information content (AvgIpc) is 2.44. The van der Waals surface area contributed by atoms with Gasteiger partial charge in [-0.3, -0.25) is 9.88 Å². The highest BCUT2D eigenvalue weighted by Crippen LogP contribution is 2.39. The van der Waals surface area contributed by atoms with Crippen molar-refractivity contribution < 1.29 is 39.6 Å². The monoisotopic (exact) mass is 385 g/mol. The van der Waals surface area contributed by atoms with Crippen molar-refractivity contribution in [2.75, 3.05) is 0 Å². The van der Waals surface area contributed by atoms with E-state index in [9.17, 15) is 29.8 Å². The number of ketones is 1. The molecule has 2 atom stereocenters. The first-order valence-corrected chi connectivity index (χ1v) is 9.24. The number of allylic oxidation sites excluding steroid dienone is 2. The van der Waals surface area contributed by atoms with Crippen molar-refractivity contribution in [1.29, 1.82) is 0 Å². The van der Waals surface area contributed by atoms with Crippen LogP contribution in [0.1, 0.15) is 24.8 Å². The van der Waals surface area contributed by atoms with E-state index in [1.54, 1.807) is 24.1 Å². The number of benzene rings is 1. The van der Waals surface area contributed by atoms with Gasteiger partial charge in [-0.15, -0.1) is 0 Å². The Morgan fingerprint density at radius 1 is 1.15 bits per heavy atom. The summed E-state index contributed by atoms with van der Waals surface area (Å²) in [5.74, 6) is -6.27. The maximum atomic E-state index is 12.2. The molecule has 0 radical (unpaired) electrons. The normalized spacial score (nSPS) is 19.6. The minimum Gasteiger partial charge on any atom is -0.508 e. The van der Waals surface area contributed by atoms with Crippen molar-refractivity contribution in [2.24, 2.45) is 5.92 Å². The van der Waals surface area contributed by atoms with Gasteiger partial charge in [0.2, 0.25) is 0 Å². The Morgan fingerprint density at radius 2 is 1.73 bits per heavy atom. The summed E-state index contributed by atoms with van der Waals surface area (Å²) in [6.07, 6.45) is 1.27. The van der Waals surface area contributed by atoms with Crippen LogP contribution in [0.15, 0.2) is 47.9 Å². The SMILES string of the molecule is CC(CC(O)(O)C1C(=O)C=C(O)C=C1NP(=O)(O)O)c1ccc(O)cc1. The molecule has 2 rings (SSSR count). The first-order chi connectivity index (χ1) is 11.9. The third-order valence-corrected chi connectivity index (χ3v) is 4.54. The lowest BCUT2D eigenvalue weighted by Gasteiger charge is -2.35. The number of phenolic OH excluding ortho intramolecular Hbond substituents is 1. The summed E-state index contributed by atoms with van der Waals surface area (Å²) in [6.45, 7) is 1.66. The molecule has 0 aromatic heterocycles. The van der Waals surface area contributed by atoms with Gasteiger partial charge in [0.1, 0.15) is 17.4 Å². The molecule has 0 saturated heterocycles. The number of hydrogen-bond donors (Lipinski definition) is 7. The van der Waals surface area contributed by atoms with Gasteiger partial charge in [0, 0.05) is 24.3 Å². The molecular formula is C16H20NO8P. The molecule has 0 heterocycles. The topological polar surface area (TPSA) is 168 Å². The van der Waals surface area contributed by atoms with E-state index < -0.39 is 42.6 Å². The van der Waals surface area contributed by atoms with Crippen LogP contribution in [0, 0.1) is 5.92 Å². The maximum absolute atomic E-state index is 12.2. The quantitative estimate of drug-likeness (QED) is 0.276. The van der Waals surface area contributed by atoms with Gasteiger partial charge in [-0.2, -0.15) is 0 Å². The van der Waals surface area contributed by atoms with E-state index in [1.807, 2.05) is 0 Å². The Bertz CT molecular complexity index is 793. The van der Waals surface area contributed by atoms with Gasteiger partial charge in [-0.05, 0) is 23.6 Å². The fourth-order valence-corrected chi connectivity index (χ4v) is 3.43.